The van der Waals surface area contributed by atoms with Gasteiger partial charge in [-0.15, -0.1) is 0 Å². The van der Waals surface area contributed by atoms with Crippen LogP contribution in [0, 0.1) is 0 Å². The minimum absolute atomic E-state index is 0.0101. The molecule has 2 nitrogen and oxygen atoms in total. The maximum Gasteiger partial charge on any atom is 0.0801 e. The van der Waals surface area contributed by atoms with Gasteiger partial charge in [-0.05, 0) is 27.7 Å². The van der Waals surface area contributed by atoms with Crippen LogP contribution in [0.2, 0.25) is 0 Å². The molecular weight excluding hydrogens is 148 g/mol. The van der Waals surface area contributed by atoms with Crippen LogP contribution in [0.5, 0.6) is 0 Å². The third-order valence-corrected chi connectivity index (χ3v) is 2.82. The van der Waals surface area contributed by atoms with Crippen LogP contribution < -0.4 is 5.73 Å². The summed E-state index contributed by atoms with van der Waals surface area (Å²) in [4.78, 5) is 0. The van der Waals surface area contributed by atoms with Crippen molar-refractivity contribution < 1.29 is 4.48 Å². The topological polar surface area (TPSA) is 26.0 Å². The lowest BCUT2D eigenvalue weighted by molar-refractivity contribution is -0.906. The second kappa shape index (κ2) is 4.24. The molecule has 12 heavy (non-hydrogen) atoms. The third-order valence-electron chi connectivity index (χ3n) is 2.82. The number of hydrogen-bond donors (Lipinski definition) is 1. The second-order valence-electron chi connectivity index (χ2n) is 4.71. The molecule has 74 valence electrons. The van der Waals surface area contributed by atoms with Crippen LogP contribution in [0.1, 0.15) is 34.1 Å². The number of nitrogens with zero attached hydrogens (tertiary/aromatic N) is 1. The molecule has 0 saturated carbocycles. The highest BCUT2D eigenvalue weighted by atomic mass is 15.3. The van der Waals surface area contributed by atoms with E-state index in [1.54, 1.807) is 0 Å². The van der Waals surface area contributed by atoms with Crippen molar-refractivity contribution >= 4 is 0 Å². The number of nitrogens with two attached hydrogens (primary N) is 1. The van der Waals surface area contributed by atoms with Gasteiger partial charge >= 0.3 is 0 Å². The number of hydrogen-bond acceptors (Lipinski definition) is 1. The molecule has 0 heterocycles. The lowest BCUT2D eigenvalue weighted by Gasteiger charge is -2.34. The van der Waals surface area contributed by atoms with Crippen LogP contribution >= 0.6 is 0 Å². The van der Waals surface area contributed by atoms with E-state index in [0.717, 1.165) is 10.9 Å². The van der Waals surface area contributed by atoms with Crippen LogP contribution in [-0.4, -0.2) is 36.7 Å². The Hall–Kier alpha value is -0.0800. The normalized spacial score (nSPS) is 13.5. The molecule has 0 aliphatic rings. The highest BCUT2D eigenvalue weighted by Crippen LogP contribution is 2.09. The number of rotatable bonds is 5. The Morgan fingerprint density at radius 1 is 1.17 bits per heavy atom. The van der Waals surface area contributed by atoms with Crippen molar-refractivity contribution in [2.75, 3.05) is 26.7 Å². The largest absolute Gasteiger partial charge is 0.326 e. The highest BCUT2D eigenvalue weighted by Gasteiger charge is 2.20. The van der Waals surface area contributed by atoms with Gasteiger partial charge in [-0.1, -0.05) is 0 Å². The standard InChI is InChI=1S/C10H25N2/c1-6-12(5,7-2)9-8-10(3,4)11/h6-9,11H2,1-5H3/q+1. The predicted molar refractivity (Wildman–Crippen MR) is 55.0 cm³/mol. The average molecular weight is 173 g/mol. The SMILES string of the molecule is CC[N+](C)(CC)CCC(C)(C)N. The first-order valence-electron chi connectivity index (χ1n) is 4.95. The first-order chi connectivity index (χ1) is 5.33. The molecule has 0 fully saturated rings. The summed E-state index contributed by atoms with van der Waals surface area (Å²) in [5, 5.41) is 0. The van der Waals surface area contributed by atoms with Gasteiger partial charge in [0.25, 0.3) is 0 Å². The summed E-state index contributed by atoms with van der Waals surface area (Å²) in [7, 11) is 2.30. The molecule has 0 unspecified atom stereocenters. The lowest BCUT2D eigenvalue weighted by atomic mass is 10.0. The van der Waals surface area contributed by atoms with Gasteiger partial charge in [0, 0.05) is 12.0 Å². The van der Waals surface area contributed by atoms with Gasteiger partial charge in [0.15, 0.2) is 0 Å². The van der Waals surface area contributed by atoms with Crippen LogP contribution in [0.25, 0.3) is 0 Å². The summed E-state index contributed by atoms with van der Waals surface area (Å²) in [5.41, 5.74) is 5.93. The van der Waals surface area contributed by atoms with Gasteiger partial charge in [-0.2, -0.15) is 0 Å². The smallest absolute Gasteiger partial charge is 0.0801 e. The Labute approximate surface area is 77.3 Å². The van der Waals surface area contributed by atoms with E-state index in [-0.39, 0.29) is 5.54 Å². The molecule has 0 aromatic heterocycles. The molecule has 2 N–H and O–H groups in total. The van der Waals surface area contributed by atoms with Gasteiger partial charge in [-0.3, -0.25) is 0 Å². The Morgan fingerprint density at radius 2 is 1.58 bits per heavy atom. The Bertz CT molecular complexity index is 120. The van der Waals surface area contributed by atoms with Crippen molar-refractivity contribution in [1.29, 1.82) is 0 Å². The van der Waals surface area contributed by atoms with E-state index >= 15 is 0 Å². The molecule has 0 radical (unpaired) electrons. The minimum atomic E-state index is -0.0101. The van der Waals surface area contributed by atoms with Gasteiger partial charge < -0.3 is 10.2 Å². The zero-order valence-corrected chi connectivity index (χ0v) is 9.35. The monoisotopic (exact) mass is 173 g/mol. The van der Waals surface area contributed by atoms with Crippen LogP contribution in [0.4, 0.5) is 0 Å². The summed E-state index contributed by atoms with van der Waals surface area (Å²) in [6, 6.07) is 0. The Morgan fingerprint density at radius 3 is 1.83 bits per heavy atom. The maximum absolute atomic E-state index is 5.94. The fourth-order valence-electron chi connectivity index (χ4n) is 1.10. The van der Waals surface area contributed by atoms with Gasteiger partial charge in [-0.25, -0.2) is 0 Å². The highest BCUT2D eigenvalue weighted by molar-refractivity contribution is 4.70. The maximum atomic E-state index is 5.94. The van der Waals surface area contributed by atoms with Crippen molar-refractivity contribution in [3.63, 3.8) is 0 Å². The number of quaternary nitrogens is 1. The first kappa shape index (κ1) is 11.9. The zero-order chi connectivity index (χ0) is 9.83. The fraction of sp³-hybridized carbons (Fsp3) is 1.00. The van der Waals surface area contributed by atoms with E-state index in [2.05, 4.69) is 34.7 Å². The van der Waals surface area contributed by atoms with Crippen molar-refractivity contribution in [1.82, 2.24) is 0 Å². The van der Waals surface area contributed by atoms with E-state index in [9.17, 15) is 0 Å². The molecule has 0 atom stereocenters. The molecule has 2 heteroatoms. The minimum Gasteiger partial charge on any atom is -0.326 e. The summed E-state index contributed by atoms with van der Waals surface area (Å²) < 4.78 is 1.14. The van der Waals surface area contributed by atoms with E-state index in [4.69, 9.17) is 5.73 Å². The third kappa shape index (κ3) is 4.73. The molecule has 0 aromatic carbocycles. The van der Waals surface area contributed by atoms with E-state index in [1.165, 1.54) is 19.6 Å². The summed E-state index contributed by atoms with van der Waals surface area (Å²) >= 11 is 0. The molecule has 0 bridgehead atoms. The quantitative estimate of drug-likeness (QED) is 0.628. The first-order valence-corrected chi connectivity index (χ1v) is 4.95. The van der Waals surface area contributed by atoms with Crippen LogP contribution in [0.3, 0.4) is 0 Å². The van der Waals surface area contributed by atoms with Crippen molar-refractivity contribution in [2.24, 2.45) is 5.73 Å². The summed E-state index contributed by atoms with van der Waals surface area (Å²) in [5.74, 6) is 0. The molecule has 0 amide bonds. The van der Waals surface area contributed by atoms with Crippen molar-refractivity contribution in [2.45, 2.75) is 39.7 Å². The van der Waals surface area contributed by atoms with Gasteiger partial charge in [0.1, 0.15) is 0 Å². The predicted octanol–water partition coefficient (Wildman–Crippen LogP) is 1.60. The molecule has 0 rings (SSSR count). The molecule has 0 spiro atoms. The van der Waals surface area contributed by atoms with Crippen LogP contribution in [-0.2, 0) is 0 Å². The zero-order valence-electron chi connectivity index (χ0n) is 9.35. The van der Waals surface area contributed by atoms with Crippen LogP contribution in [0.15, 0.2) is 0 Å². The van der Waals surface area contributed by atoms with Crippen molar-refractivity contribution in [3.05, 3.63) is 0 Å². The average Bonchev–Trinajstić information content (AvgIpc) is 1.99. The summed E-state index contributed by atoms with van der Waals surface area (Å²) in [6.45, 7) is 12.3. The molecule has 0 aromatic rings. The Kier molecular flexibility index (Phi) is 4.21. The van der Waals surface area contributed by atoms with Gasteiger partial charge in [0.05, 0.1) is 26.7 Å². The van der Waals surface area contributed by atoms with E-state index < -0.39 is 0 Å². The lowest BCUT2D eigenvalue weighted by Crippen LogP contribution is -2.48. The Balaban J connectivity index is 3.89. The molecule has 0 aliphatic carbocycles. The van der Waals surface area contributed by atoms with E-state index in [1.807, 2.05) is 0 Å². The van der Waals surface area contributed by atoms with Crippen molar-refractivity contribution in [3.8, 4) is 0 Å². The fourth-order valence-corrected chi connectivity index (χ4v) is 1.10. The van der Waals surface area contributed by atoms with Gasteiger partial charge in [0.2, 0.25) is 0 Å². The van der Waals surface area contributed by atoms with E-state index in [0.29, 0.717) is 0 Å². The molecule has 0 saturated heterocycles. The molecular formula is C10H25N2+. The second-order valence-corrected chi connectivity index (χ2v) is 4.71. The molecule has 0 aliphatic heterocycles. The summed E-state index contributed by atoms with van der Waals surface area (Å²) in [6.07, 6.45) is 1.10.